The fraction of sp³-hybridized carbons (Fsp3) is 0.429. The van der Waals surface area contributed by atoms with Gasteiger partial charge in [-0.1, -0.05) is 12.1 Å². The zero-order valence-corrected chi connectivity index (χ0v) is 15.7. The van der Waals surface area contributed by atoms with Crippen LogP contribution in [0.2, 0.25) is 0 Å². The first kappa shape index (κ1) is 20.3. The second-order valence-electron chi connectivity index (χ2n) is 7.08. The molecule has 0 bridgehead atoms. The number of methoxy groups -OCH3 is 1. The highest BCUT2D eigenvalue weighted by molar-refractivity contribution is 5.58. The Labute approximate surface area is 163 Å². The molecule has 7 nitrogen and oxygen atoms in total. The molecule has 0 amide bonds. The van der Waals surface area contributed by atoms with Crippen molar-refractivity contribution in [2.24, 2.45) is 0 Å². The van der Waals surface area contributed by atoms with Crippen LogP contribution in [0.5, 0.6) is 23.0 Å². The monoisotopic (exact) mass is 390 g/mol. The molecular weight excluding hydrogens is 364 g/mol. The highest BCUT2D eigenvalue weighted by Crippen LogP contribution is 2.45. The van der Waals surface area contributed by atoms with E-state index in [0.29, 0.717) is 24.8 Å². The Morgan fingerprint density at radius 3 is 2.43 bits per heavy atom. The van der Waals surface area contributed by atoms with Crippen molar-refractivity contribution < 1.29 is 35.0 Å². The highest BCUT2D eigenvalue weighted by atomic mass is 16.5. The average Bonchev–Trinajstić information content (AvgIpc) is 2.69. The molecule has 3 atom stereocenters. The SMILES string of the molecule is COc1cc([C@H]2C[C@H](O)C[C@H](CCc3ccc(O)cc3)O2)c(CO)c(O)c1O. The molecule has 1 heterocycles. The molecule has 0 aliphatic carbocycles. The maximum Gasteiger partial charge on any atom is 0.200 e. The summed E-state index contributed by atoms with van der Waals surface area (Å²) in [6.45, 7) is -0.479. The summed E-state index contributed by atoms with van der Waals surface area (Å²) < 4.78 is 11.3. The quantitative estimate of drug-likeness (QED) is 0.481. The van der Waals surface area contributed by atoms with Crippen LogP contribution in [0, 0.1) is 0 Å². The summed E-state index contributed by atoms with van der Waals surface area (Å²) >= 11 is 0. The normalized spacial score (nSPS) is 22.2. The van der Waals surface area contributed by atoms with E-state index in [9.17, 15) is 25.5 Å². The number of rotatable bonds is 6. The van der Waals surface area contributed by atoms with Crippen LogP contribution in [-0.2, 0) is 17.8 Å². The van der Waals surface area contributed by atoms with Crippen molar-refractivity contribution in [3.63, 3.8) is 0 Å². The van der Waals surface area contributed by atoms with Gasteiger partial charge >= 0.3 is 0 Å². The zero-order chi connectivity index (χ0) is 20.3. The molecule has 1 aliphatic rings. The van der Waals surface area contributed by atoms with E-state index in [-0.39, 0.29) is 23.2 Å². The second kappa shape index (κ2) is 8.68. The van der Waals surface area contributed by atoms with Crippen LogP contribution in [0.15, 0.2) is 30.3 Å². The van der Waals surface area contributed by atoms with Gasteiger partial charge in [-0.05, 0) is 48.6 Å². The molecule has 7 heteroatoms. The van der Waals surface area contributed by atoms with Crippen molar-refractivity contribution in [3.8, 4) is 23.0 Å². The third-order valence-corrected chi connectivity index (χ3v) is 5.17. The van der Waals surface area contributed by atoms with Crippen LogP contribution in [-0.4, -0.2) is 44.9 Å². The van der Waals surface area contributed by atoms with Crippen molar-refractivity contribution in [1.29, 1.82) is 0 Å². The van der Waals surface area contributed by atoms with E-state index < -0.39 is 30.3 Å². The largest absolute Gasteiger partial charge is 0.508 e. The van der Waals surface area contributed by atoms with Crippen molar-refractivity contribution >= 4 is 0 Å². The van der Waals surface area contributed by atoms with Crippen molar-refractivity contribution in [1.82, 2.24) is 0 Å². The van der Waals surface area contributed by atoms with Gasteiger partial charge in [-0.25, -0.2) is 0 Å². The predicted octanol–water partition coefficient (Wildman–Crippen LogP) is 2.52. The molecule has 0 aromatic heterocycles. The van der Waals surface area contributed by atoms with Gasteiger partial charge in [0.2, 0.25) is 5.75 Å². The number of aromatic hydroxyl groups is 3. The maximum atomic E-state index is 10.3. The number of ether oxygens (including phenoxy) is 2. The van der Waals surface area contributed by atoms with Gasteiger partial charge in [0, 0.05) is 12.0 Å². The summed E-state index contributed by atoms with van der Waals surface area (Å²) in [4.78, 5) is 0. The Morgan fingerprint density at radius 1 is 1.07 bits per heavy atom. The first-order valence-electron chi connectivity index (χ1n) is 9.26. The fourth-order valence-electron chi connectivity index (χ4n) is 3.67. The molecule has 0 unspecified atom stereocenters. The average molecular weight is 390 g/mol. The van der Waals surface area contributed by atoms with Crippen LogP contribution in [0.25, 0.3) is 0 Å². The minimum absolute atomic E-state index is 0.0778. The molecule has 1 saturated heterocycles. The van der Waals surface area contributed by atoms with Crippen LogP contribution < -0.4 is 4.74 Å². The first-order chi connectivity index (χ1) is 13.4. The Morgan fingerprint density at radius 2 is 1.79 bits per heavy atom. The number of aliphatic hydroxyl groups is 2. The van der Waals surface area contributed by atoms with E-state index in [4.69, 9.17) is 9.47 Å². The summed E-state index contributed by atoms with van der Waals surface area (Å²) in [6, 6.07) is 8.49. The molecule has 28 heavy (non-hydrogen) atoms. The highest BCUT2D eigenvalue weighted by Gasteiger charge is 2.32. The van der Waals surface area contributed by atoms with E-state index in [1.165, 1.54) is 13.2 Å². The molecule has 2 aromatic carbocycles. The molecule has 1 fully saturated rings. The van der Waals surface area contributed by atoms with Gasteiger partial charge in [0.15, 0.2) is 11.5 Å². The Bertz CT molecular complexity index is 803. The fourth-order valence-corrected chi connectivity index (χ4v) is 3.67. The molecule has 3 rings (SSSR count). The standard InChI is InChI=1S/C21H26O7/c1-27-19-10-16(17(11-22)20(25)21(19)26)18-9-14(24)8-15(28-18)7-4-12-2-5-13(23)6-3-12/h2-3,5-6,10,14-15,18,22-26H,4,7-9,11H2,1H3/t14-,15+,18-/m1/s1. The van der Waals surface area contributed by atoms with Crippen molar-refractivity contribution in [3.05, 3.63) is 47.0 Å². The predicted molar refractivity (Wildman–Crippen MR) is 102 cm³/mol. The summed E-state index contributed by atoms with van der Waals surface area (Å²) in [6.07, 6.45) is 0.861. The molecule has 2 aromatic rings. The Hall–Kier alpha value is -2.48. The van der Waals surface area contributed by atoms with Gasteiger partial charge in [-0.15, -0.1) is 0 Å². The molecule has 0 spiro atoms. The van der Waals surface area contributed by atoms with Crippen LogP contribution >= 0.6 is 0 Å². The Balaban J connectivity index is 1.79. The summed E-state index contributed by atoms with van der Waals surface area (Å²) in [5.74, 6) is -0.587. The van der Waals surface area contributed by atoms with E-state index in [0.717, 1.165) is 12.0 Å². The number of hydrogen-bond acceptors (Lipinski definition) is 7. The van der Waals surface area contributed by atoms with Gasteiger partial charge in [0.25, 0.3) is 0 Å². The van der Waals surface area contributed by atoms with Gasteiger partial charge < -0.3 is 35.0 Å². The summed E-state index contributed by atoms with van der Waals surface area (Å²) in [5, 5.41) is 49.6. The molecular formula is C21H26O7. The van der Waals surface area contributed by atoms with Crippen LogP contribution in [0.3, 0.4) is 0 Å². The first-order valence-corrected chi connectivity index (χ1v) is 9.26. The topological polar surface area (TPSA) is 120 Å². The lowest BCUT2D eigenvalue weighted by atomic mass is 9.90. The summed E-state index contributed by atoms with van der Waals surface area (Å²) in [5.41, 5.74) is 1.70. The van der Waals surface area contributed by atoms with Crippen molar-refractivity contribution in [2.45, 2.75) is 50.6 Å². The van der Waals surface area contributed by atoms with E-state index in [1.54, 1.807) is 12.1 Å². The molecule has 152 valence electrons. The Kier molecular flexibility index (Phi) is 6.28. The number of aliphatic hydroxyl groups excluding tert-OH is 2. The number of phenolic OH excluding ortho intramolecular Hbond substituents is 2. The number of aryl methyl sites for hydroxylation is 1. The third-order valence-electron chi connectivity index (χ3n) is 5.17. The second-order valence-corrected chi connectivity index (χ2v) is 7.08. The maximum absolute atomic E-state index is 10.3. The minimum atomic E-state index is -0.586. The lowest BCUT2D eigenvalue weighted by Crippen LogP contribution is -2.32. The number of hydrogen-bond donors (Lipinski definition) is 5. The molecule has 0 radical (unpaired) electrons. The lowest BCUT2D eigenvalue weighted by molar-refractivity contribution is -0.100. The van der Waals surface area contributed by atoms with E-state index in [1.807, 2.05) is 12.1 Å². The minimum Gasteiger partial charge on any atom is -0.508 e. The van der Waals surface area contributed by atoms with Gasteiger partial charge in [-0.2, -0.15) is 0 Å². The molecule has 5 N–H and O–H groups in total. The number of phenols is 3. The number of benzene rings is 2. The van der Waals surface area contributed by atoms with Crippen molar-refractivity contribution in [2.75, 3.05) is 7.11 Å². The molecule has 1 aliphatic heterocycles. The van der Waals surface area contributed by atoms with E-state index in [2.05, 4.69) is 0 Å². The van der Waals surface area contributed by atoms with Crippen LogP contribution in [0.4, 0.5) is 0 Å². The van der Waals surface area contributed by atoms with Gasteiger partial charge in [0.05, 0.1) is 32.0 Å². The molecule has 0 saturated carbocycles. The van der Waals surface area contributed by atoms with Crippen LogP contribution in [0.1, 0.15) is 42.1 Å². The lowest BCUT2D eigenvalue weighted by Gasteiger charge is -2.34. The van der Waals surface area contributed by atoms with Gasteiger partial charge in [0.1, 0.15) is 5.75 Å². The van der Waals surface area contributed by atoms with E-state index >= 15 is 0 Å². The van der Waals surface area contributed by atoms with Gasteiger partial charge in [-0.3, -0.25) is 0 Å². The third kappa shape index (κ3) is 4.32. The smallest absolute Gasteiger partial charge is 0.200 e. The zero-order valence-electron chi connectivity index (χ0n) is 15.7. The summed E-state index contributed by atoms with van der Waals surface area (Å²) in [7, 11) is 1.37.